The van der Waals surface area contributed by atoms with Gasteiger partial charge in [-0.15, -0.1) is 0 Å². The van der Waals surface area contributed by atoms with Crippen molar-refractivity contribution in [2.45, 2.75) is 26.3 Å². The molecule has 2 aromatic rings. The van der Waals surface area contributed by atoms with E-state index in [1.165, 1.54) is 6.07 Å². The van der Waals surface area contributed by atoms with E-state index in [-0.39, 0.29) is 11.5 Å². The summed E-state index contributed by atoms with van der Waals surface area (Å²) >= 11 is 0. The maximum absolute atomic E-state index is 13.5. The Morgan fingerprint density at radius 3 is 2.50 bits per heavy atom. The number of nitrogen functional groups attached to an aromatic ring is 1. The number of unbranched alkanes of at least 4 members (excludes halogenated alkanes) is 1. The monoisotopic (exact) mass is 272 g/mol. The zero-order valence-electron chi connectivity index (χ0n) is 11.8. The molecule has 0 atom stereocenters. The van der Waals surface area contributed by atoms with Gasteiger partial charge in [0.25, 0.3) is 0 Å². The lowest BCUT2D eigenvalue weighted by molar-refractivity contribution is 0.629. The van der Waals surface area contributed by atoms with Gasteiger partial charge in [-0.05, 0) is 30.2 Å². The Hall–Kier alpha value is -2.03. The Morgan fingerprint density at radius 2 is 1.80 bits per heavy atom. The molecule has 0 fully saturated rings. The maximum Gasteiger partial charge on any atom is 0.146 e. The lowest BCUT2D eigenvalue weighted by atomic mass is 10.1. The fourth-order valence-electron chi connectivity index (χ4n) is 2.21. The summed E-state index contributed by atoms with van der Waals surface area (Å²) in [5.74, 6) is -0.342. The Labute approximate surface area is 120 Å². The van der Waals surface area contributed by atoms with Crippen LogP contribution in [-0.2, 0) is 6.54 Å². The van der Waals surface area contributed by atoms with E-state index in [9.17, 15) is 4.39 Å². The van der Waals surface area contributed by atoms with E-state index < -0.39 is 0 Å². The van der Waals surface area contributed by atoms with Gasteiger partial charge in [-0.2, -0.15) is 0 Å². The van der Waals surface area contributed by atoms with Crippen molar-refractivity contribution in [2.75, 3.05) is 17.2 Å². The molecular weight excluding hydrogens is 251 g/mol. The second-order valence-corrected chi connectivity index (χ2v) is 4.92. The molecule has 0 spiro atoms. The van der Waals surface area contributed by atoms with Crippen LogP contribution in [0.3, 0.4) is 0 Å². The maximum atomic E-state index is 13.5. The second-order valence-electron chi connectivity index (χ2n) is 4.92. The molecule has 0 radical (unpaired) electrons. The molecule has 106 valence electrons. The molecule has 0 saturated carbocycles. The van der Waals surface area contributed by atoms with Crippen LogP contribution < -0.4 is 10.6 Å². The molecule has 2 N–H and O–H groups in total. The quantitative estimate of drug-likeness (QED) is 0.798. The summed E-state index contributed by atoms with van der Waals surface area (Å²) in [5.41, 5.74) is 8.07. The number of nitrogens with two attached hydrogens (primary N) is 1. The molecule has 3 heteroatoms. The summed E-state index contributed by atoms with van der Waals surface area (Å²) in [6.07, 6.45) is 2.23. The van der Waals surface area contributed by atoms with Gasteiger partial charge in [0.15, 0.2) is 0 Å². The molecular formula is C17H21FN2. The van der Waals surface area contributed by atoms with E-state index in [2.05, 4.69) is 24.0 Å². The van der Waals surface area contributed by atoms with Gasteiger partial charge in [0.2, 0.25) is 0 Å². The average molecular weight is 272 g/mol. The lowest BCUT2D eigenvalue weighted by Crippen LogP contribution is -2.24. The molecule has 0 heterocycles. The SMILES string of the molecule is CCCCN(Cc1cccc(F)c1N)c1ccccc1. The number of hydrogen-bond acceptors (Lipinski definition) is 2. The summed E-state index contributed by atoms with van der Waals surface area (Å²) in [6, 6.07) is 15.2. The number of hydrogen-bond donors (Lipinski definition) is 1. The Morgan fingerprint density at radius 1 is 1.05 bits per heavy atom. The number of rotatable bonds is 6. The first-order chi connectivity index (χ1) is 9.72. The Kier molecular flexibility index (Phi) is 4.99. The molecule has 0 saturated heterocycles. The van der Waals surface area contributed by atoms with E-state index in [0.29, 0.717) is 6.54 Å². The fraction of sp³-hybridized carbons (Fsp3) is 0.294. The van der Waals surface area contributed by atoms with E-state index in [0.717, 1.165) is 30.6 Å². The highest BCUT2D eigenvalue weighted by atomic mass is 19.1. The number of benzene rings is 2. The first-order valence-electron chi connectivity index (χ1n) is 7.05. The second kappa shape index (κ2) is 6.94. The van der Waals surface area contributed by atoms with Crippen molar-refractivity contribution in [3.8, 4) is 0 Å². The molecule has 2 rings (SSSR count). The van der Waals surface area contributed by atoms with Gasteiger partial charge in [0.05, 0.1) is 5.69 Å². The molecule has 0 aromatic heterocycles. The van der Waals surface area contributed by atoms with Gasteiger partial charge in [-0.25, -0.2) is 4.39 Å². The minimum Gasteiger partial charge on any atom is -0.396 e. The normalized spacial score (nSPS) is 10.5. The van der Waals surface area contributed by atoms with Crippen LogP contribution in [0, 0.1) is 5.82 Å². The smallest absolute Gasteiger partial charge is 0.146 e. The highest BCUT2D eigenvalue weighted by molar-refractivity contribution is 5.52. The topological polar surface area (TPSA) is 29.3 Å². The predicted molar refractivity (Wildman–Crippen MR) is 83.2 cm³/mol. The molecule has 0 aliphatic carbocycles. The molecule has 0 aliphatic heterocycles. The third-order valence-electron chi connectivity index (χ3n) is 3.41. The van der Waals surface area contributed by atoms with Crippen LogP contribution in [0.4, 0.5) is 15.8 Å². The Balaban J connectivity index is 2.21. The zero-order chi connectivity index (χ0) is 14.4. The zero-order valence-corrected chi connectivity index (χ0v) is 11.8. The highest BCUT2D eigenvalue weighted by Gasteiger charge is 2.10. The summed E-state index contributed by atoms with van der Waals surface area (Å²) in [5, 5.41) is 0. The van der Waals surface area contributed by atoms with Crippen molar-refractivity contribution >= 4 is 11.4 Å². The van der Waals surface area contributed by atoms with Crippen LogP contribution in [0.15, 0.2) is 48.5 Å². The summed E-state index contributed by atoms with van der Waals surface area (Å²) < 4.78 is 13.5. The number of para-hydroxylation sites is 2. The van der Waals surface area contributed by atoms with Gasteiger partial charge < -0.3 is 10.6 Å². The van der Waals surface area contributed by atoms with Gasteiger partial charge in [0.1, 0.15) is 5.82 Å². The molecule has 2 aromatic carbocycles. The highest BCUT2D eigenvalue weighted by Crippen LogP contribution is 2.22. The fourth-order valence-corrected chi connectivity index (χ4v) is 2.21. The van der Waals surface area contributed by atoms with E-state index in [1.807, 2.05) is 24.3 Å². The summed E-state index contributed by atoms with van der Waals surface area (Å²) in [4.78, 5) is 2.24. The van der Waals surface area contributed by atoms with Crippen molar-refractivity contribution in [3.63, 3.8) is 0 Å². The van der Waals surface area contributed by atoms with Crippen LogP contribution >= 0.6 is 0 Å². The first kappa shape index (κ1) is 14.4. The largest absolute Gasteiger partial charge is 0.396 e. The standard InChI is InChI=1S/C17H21FN2/c1-2-3-12-20(15-9-5-4-6-10-15)13-14-8-7-11-16(18)17(14)19/h4-11H,2-3,12-13,19H2,1H3. The average Bonchev–Trinajstić information content (AvgIpc) is 2.48. The molecule has 0 aliphatic rings. The molecule has 0 unspecified atom stereocenters. The van der Waals surface area contributed by atoms with Crippen LogP contribution in [-0.4, -0.2) is 6.54 Å². The van der Waals surface area contributed by atoms with E-state index in [4.69, 9.17) is 5.73 Å². The molecule has 0 amide bonds. The van der Waals surface area contributed by atoms with Crippen molar-refractivity contribution in [3.05, 3.63) is 59.9 Å². The predicted octanol–water partition coefficient (Wildman–Crippen LogP) is 4.21. The minimum atomic E-state index is -0.342. The summed E-state index contributed by atoms with van der Waals surface area (Å²) in [6.45, 7) is 3.74. The van der Waals surface area contributed by atoms with Crippen molar-refractivity contribution in [1.29, 1.82) is 0 Å². The first-order valence-corrected chi connectivity index (χ1v) is 7.05. The van der Waals surface area contributed by atoms with Gasteiger partial charge in [-0.3, -0.25) is 0 Å². The van der Waals surface area contributed by atoms with Gasteiger partial charge >= 0.3 is 0 Å². The number of nitrogens with zero attached hydrogens (tertiary/aromatic N) is 1. The third kappa shape index (κ3) is 3.50. The number of anilines is 2. The van der Waals surface area contributed by atoms with Gasteiger partial charge in [0, 0.05) is 18.8 Å². The minimum absolute atomic E-state index is 0.255. The molecule has 0 bridgehead atoms. The van der Waals surface area contributed by atoms with E-state index >= 15 is 0 Å². The van der Waals surface area contributed by atoms with Crippen LogP contribution in [0.25, 0.3) is 0 Å². The van der Waals surface area contributed by atoms with Crippen LogP contribution in [0.2, 0.25) is 0 Å². The van der Waals surface area contributed by atoms with Gasteiger partial charge in [-0.1, -0.05) is 43.7 Å². The molecule has 2 nitrogen and oxygen atoms in total. The van der Waals surface area contributed by atoms with E-state index in [1.54, 1.807) is 6.07 Å². The molecule has 20 heavy (non-hydrogen) atoms. The Bertz CT molecular complexity index is 540. The lowest BCUT2D eigenvalue weighted by Gasteiger charge is -2.25. The third-order valence-corrected chi connectivity index (χ3v) is 3.41. The van der Waals surface area contributed by atoms with Crippen molar-refractivity contribution in [2.24, 2.45) is 0 Å². The van der Waals surface area contributed by atoms with Crippen LogP contribution in [0.5, 0.6) is 0 Å². The van der Waals surface area contributed by atoms with Crippen LogP contribution in [0.1, 0.15) is 25.3 Å². The number of halogens is 1. The summed E-state index contributed by atoms with van der Waals surface area (Å²) in [7, 11) is 0. The van der Waals surface area contributed by atoms with Crippen molar-refractivity contribution in [1.82, 2.24) is 0 Å². The van der Waals surface area contributed by atoms with Crippen molar-refractivity contribution < 1.29 is 4.39 Å².